The van der Waals surface area contributed by atoms with Gasteiger partial charge in [0.15, 0.2) is 0 Å². The number of amides is 3. The van der Waals surface area contributed by atoms with Crippen LogP contribution < -0.4 is 4.90 Å². The molecule has 5 heteroatoms. The fraction of sp³-hybridized carbons (Fsp3) is 0.333. The summed E-state index contributed by atoms with van der Waals surface area (Å²) in [6.07, 6.45) is -0.573. The molecule has 1 fully saturated rings. The lowest BCUT2D eigenvalue weighted by atomic mass is 10.3. The van der Waals surface area contributed by atoms with Crippen molar-refractivity contribution in [1.29, 1.82) is 0 Å². The average molecular weight is 234 g/mol. The van der Waals surface area contributed by atoms with Crippen molar-refractivity contribution < 1.29 is 14.3 Å². The number of rotatable bonds is 2. The Hall–Kier alpha value is -2.04. The molecule has 1 aliphatic heterocycles. The summed E-state index contributed by atoms with van der Waals surface area (Å²) in [5.74, 6) is 0. The molecule has 0 bridgehead atoms. The highest BCUT2D eigenvalue weighted by Gasteiger charge is 2.34. The Labute approximate surface area is 99.6 Å². The van der Waals surface area contributed by atoms with Gasteiger partial charge in [0.2, 0.25) is 0 Å². The number of urea groups is 1. The second-order valence-electron chi connectivity index (χ2n) is 3.62. The first-order valence-electron chi connectivity index (χ1n) is 5.55. The summed E-state index contributed by atoms with van der Waals surface area (Å²) in [5, 5.41) is 0. The highest BCUT2D eigenvalue weighted by Crippen LogP contribution is 2.20. The molecular formula is C12H14N2O3. The first-order valence-corrected chi connectivity index (χ1v) is 5.55. The molecule has 1 heterocycles. The van der Waals surface area contributed by atoms with Gasteiger partial charge in [0.05, 0.1) is 13.2 Å². The van der Waals surface area contributed by atoms with Crippen molar-refractivity contribution in [2.45, 2.75) is 6.92 Å². The molecule has 1 aromatic rings. The van der Waals surface area contributed by atoms with Gasteiger partial charge >= 0.3 is 12.1 Å². The van der Waals surface area contributed by atoms with Gasteiger partial charge < -0.3 is 4.74 Å². The van der Waals surface area contributed by atoms with Crippen molar-refractivity contribution in [1.82, 2.24) is 4.90 Å². The average Bonchev–Trinajstić information content (AvgIpc) is 2.72. The van der Waals surface area contributed by atoms with Gasteiger partial charge in [-0.1, -0.05) is 18.2 Å². The van der Waals surface area contributed by atoms with Crippen molar-refractivity contribution in [2.75, 3.05) is 24.6 Å². The minimum absolute atomic E-state index is 0.272. The number of anilines is 1. The molecule has 2 rings (SSSR count). The second kappa shape index (κ2) is 4.86. The number of imide groups is 1. The predicted molar refractivity (Wildman–Crippen MR) is 62.9 cm³/mol. The molecule has 0 saturated carbocycles. The Kier molecular flexibility index (Phi) is 3.27. The van der Waals surface area contributed by atoms with Gasteiger partial charge in [0, 0.05) is 12.2 Å². The fourth-order valence-corrected chi connectivity index (χ4v) is 1.76. The van der Waals surface area contributed by atoms with Gasteiger partial charge in [-0.15, -0.1) is 0 Å². The number of nitrogens with zero attached hydrogens (tertiary/aromatic N) is 2. The van der Waals surface area contributed by atoms with E-state index in [9.17, 15) is 9.59 Å². The molecule has 0 aromatic heterocycles. The largest absolute Gasteiger partial charge is 0.449 e. The molecule has 0 aliphatic carbocycles. The summed E-state index contributed by atoms with van der Waals surface area (Å²) in [4.78, 5) is 26.1. The van der Waals surface area contributed by atoms with E-state index >= 15 is 0 Å². The molecule has 1 saturated heterocycles. The van der Waals surface area contributed by atoms with Crippen LogP contribution in [0.15, 0.2) is 30.3 Å². The number of carbonyl (C=O) groups is 2. The van der Waals surface area contributed by atoms with Crippen molar-refractivity contribution in [3.05, 3.63) is 30.3 Å². The monoisotopic (exact) mass is 234 g/mol. The van der Waals surface area contributed by atoms with Gasteiger partial charge in [-0.05, 0) is 19.1 Å². The van der Waals surface area contributed by atoms with E-state index in [1.54, 1.807) is 11.8 Å². The summed E-state index contributed by atoms with van der Waals surface area (Å²) < 4.78 is 4.82. The highest BCUT2D eigenvalue weighted by atomic mass is 16.6. The topological polar surface area (TPSA) is 49.9 Å². The predicted octanol–water partition coefficient (Wildman–Crippen LogP) is 2.09. The normalized spacial score (nSPS) is 15.2. The van der Waals surface area contributed by atoms with Gasteiger partial charge in [-0.3, -0.25) is 4.90 Å². The molecule has 1 aliphatic rings. The van der Waals surface area contributed by atoms with E-state index in [0.717, 1.165) is 10.6 Å². The lowest BCUT2D eigenvalue weighted by molar-refractivity contribution is 0.122. The first kappa shape index (κ1) is 11.4. The molecule has 1 aromatic carbocycles. The second-order valence-corrected chi connectivity index (χ2v) is 3.62. The summed E-state index contributed by atoms with van der Waals surface area (Å²) >= 11 is 0. The van der Waals surface area contributed by atoms with Gasteiger partial charge in [-0.25, -0.2) is 14.5 Å². The molecule has 0 atom stereocenters. The molecular weight excluding hydrogens is 220 g/mol. The third kappa shape index (κ3) is 2.22. The van der Waals surface area contributed by atoms with E-state index < -0.39 is 6.09 Å². The molecule has 90 valence electrons. The molecule has 0 unspecified atom stereocenters. The number of carbonyl (C=O) groups excluding carboxylic acids is 2. The summed E-state index contributed by atoms with van der Waals surface area (Å²) in [5.41, 5.74) is 0.796. The SMILES string of the molecule is CCOC(=O)N1CCN(c2ccccc2)C1=O. The van der Waals surface area contributed by atoms with E-state index in [2.05, 4.69) is 0 Å². The maximum Gasteiger partial charge on any atom is 0.418 e. The Balaban J connectivity index is 2.10. The Bertz CT molecular complexity index is 419. The van der Waals surface area contributed by atoms with Crippen LogP contribution in [0, 0.1) is 0 Å². The van der Waals surface area contributed by atoms with Crippen LogP contribution in [0.25, 0.3) is 0 Å². The minimum Gasteiger partial charge on any atom is -0.449 e. The maximum atomic E-state index is 12.0. The molecule has 17 heavy (non-hydrogen) atoms. The summed E-state index contributed by atoms with van der Waals surface area (Å²) in [6, 6.07) is 8.95. The third-order valence-electron chi connectivity index (χ3n) is 2.57. The standard InChI is InChI=1S/C12H14N2O3/c1-2-17-12(16)14-9-8-13(11(14)15)10-6-4-3-5-7-10/h3-7H,2,8-9H2,1H3. The minimum atomic E-state index is -0.573. The van der Waals surface area contributed by atoms with E-state index in [1.165, 1.54) is 0 Å². The van der Waals surface area contributed by atoms with Gasteiger partial charge in [-0.2, -0.15) is 0 Å². The van der Waals surface area contributed by atoms with Crippen LogP contribution in [0.3, 0.4) is 0 Å². The van der Waals surface area contributed by atoms with Crippen LogP contribution in [-0.2, 0) is 4.74 Å². The van der Waals surface area contributed by atoms with E-state index in [0.29, 0.717) is 13.1 Å². The Morgan fingerprint density at radius 2 is 2.00 bits per heavy atom. The number of hydrogen-bond donors (Lipinski definition) is 0. The zero-order chi connectivity index (χ0) is 12.3. The number of benzene rings is 1. The first-order chi connectivity index (χ1) is 8.24. The quantitative estimate of drug-likeness (QED) is 0.787. The molecule has 0 radical (unpaired) electrons. The zero-order valence-electron chi connectivity index (χ0n) is 9.63. The maximum absolute atomic E-state index is 12.0. The number of ether oxygens (including phenoxy) is 1. The smallest absolute Gasteiger partial charge is 0.418 e. The van der Waals surface area contributed by atoms with Crippen molar-refractivity contribution in [3.63, 3.8) is 0 Å². The van der Waals surface area contributed by atoms with E-state index in [-0.39, 0.29) is 12.6 Å². The van der Waals surface area contributed by atoms with Crippen LogP contribution >= 0.6 is 0 Å². The van der Waals surface area contributed by atoms with Crippen molar-refractivity contribution >= 4 is 17.8 Å². The summed E-state index contributed by atoms with van der Waals surface area (Å²) in [7, 11) is 0. The highest BCUT2D eigenvalue weighted by molar-refractivity contribution is 6.02. The molecule has 0 spiro atoms. The van der Waals surface area contributed by atoms with Gasteiger partial charge in [0.1, 0.15) is 0 Å². The molecule has 5 nitrogen and oxygen atoms in total. The Morgan fingerprint density at radius 1 is 1.29 bits per heavy atom. The molecule has 0 N–H and O–H groups in total. The fourth-order valence-electron chi connectivity index (χ4n) is 1.76. The Morgan fingerprint density at radius 3 is 2.65 bits per heavy atom. The summed E-state index contributed by atoms with van der Waals surface area (Å²) in [6.45, 7) is 2.86. The van der Waals surface area contributed by atoms with Crippen molar-refractivity contribution in [2.24, 2.45) is 0 Å². The van der Waals surface area contributed by atoms with Gasteiger partial charge in [0.25, 0.3) is 0 Å². The number of para-hydroxylation sites is 1. The van der Waals surface area contributed by atoms with Crippen LogP contribution in [0.5, 0.6) is 0 Å². The van der Waals surface area contributed by atoms with Crippen LogP contribution in [0.1, 0.15) is 6.92 Å². The number of hydrogen-bond acceptors (Lipinski definition) is 3. The third-order valence-corrected chi connectivity index (χ3v) is 2.57. The van der Waals surface area contributed by atoms with Crippen molar-refractivity contribution in [3.8, 4) is 0 Å². The van der Waals surface area contributed by atoms with Crippen LogP contribution in [0.4, 0.5) is 15.3 Å². The molecule has 3 amide bonds. The van der Waals surface area contributed by atoms with Crippen LogP contribution in [-0.4, -0.2) is 36.7 Å². The van der Waals surface area contributed by atoms with Crippen LogP contribution in [0.2, 0.25) is 0 Å². The van der Waals surface area contributed by atoms with E-state index in [4.69, 9.17) is 4.74 Å². The zero-order valence-corrected chi connectivity index (χ0v) is 9.63. The van der Waals surface area contributed by atoms with E-state index in [1.807, 2.05) is 30.3 Å². The lowest BCUT2D eigenvalue weighted by Crippen LogP contribution is -2.36. The lowest BCUT2D eigenvalue weighted by Gasteiger charge is -2.16.